The van der Waals surface area contributed by atoms with Gasteiger partial charge >= 0.3 is 11.4 Å². The Morgan fingerprint density at radius 3 is 2.26 bits per heavy atom. The van der Waals surface area contributed by atoms with E-state index in [0.717, 1.165) is 15.7 Å². The molecule has 0 aliphatic heterocycles. The molecule has 0 spiro atoms. The minimum atomic E-state index is -0.704. The molecular weight excluding hydrogens is 453 g/mol. The van der Waals surface area contributed by atoms with Crippen LogP contribution >= 0.6 is 0 Å². The monoisotopic (exact) mass is 477 g/mol. The molecule has 0 bridgehead atoms. The second-order valence-electron chi connectivity index (χ2n) is 7.63. The van der Waals surface area contributed by atoms with Crippen LogP contribution < -0.4 is 26.9 Å². The lowest BCUT2D eigenvalue weighted by Crippen LogP contribution is -2.43. The lowest BCUT2D eigenvalue weighted by atomic mass is 10.2. The van der Waals surface area contributed by atoms with Gasteiger partial charge < -0.3 is 10.1 Å². The van der Waals surface area contributed by atoms with E-state index in [0.29, 0.717) is 11.4 Å². The molecule has 2 N–H and O–H groups in total. The van der Waals surface area contributed by atoms with E-state index >= 15 is 0 Å². The molecule has 0 saturated carbocycles. The van der Waals surface area contributed by atoms with Gasteiger partial charge in [-0.15, -0.1) is 0 Å². The average molecular weight is 477 g/mol. The molecule has 4 aromatic rings. The highest BCUT2D eigenvalue weighted by molar-refractivity contribution is 5.61. The van der Waals surface area contributed by atoms with Crippen LogP contribution in [0.1, 0.15) is 11.1 Å². The van der Waals surface area contributed by atoms with Crippen molar-refractivity contribution in [3.05, 3.63) is 111 Å². The van der Waals surface area contributed by atoms with Crippen LogP contribution in [0.25, 0.3) is 0 Å². The highest BCUT2D eigenvalue weighted by Gasteiger charge is 2.15. The third-order valence-corrected chi connectivity index (χ3v) is 5.27. The molecule has 10 heteroatoms. The number of nitrogens with one attached hydrogen (secondary N) is 2. The summed E-state index contributed by atoms with van der Waals surface area (Å²) in [7, 11) is 2.93. The SMILES string of the molecule is CONc1cc(Nc2nc(=O)n(Cc3ccccc3)c(=O)n2Cc2ccc(OC)cc2)ccc1F. The van der Waals surface area contributed by atoms with Crippen molar-refractivity contribution < 1.29 is 14.0 Å². The molecule has 180 valence electrons. The van der Waals surface area contributed by atoms with E-state index < -0.39 is 17.2 Å². The van der Waals surface area contributed by atoms with E-state index in [2.05, 4.69) is 15.8 Å². The summed E-state index contributed by atoms with van der Waals surface area (Å²) in [6.45, 7) is 0.213. The van der Waals surface area contributed by atoms with Crippen LogP contribution in [0.3, 0.4) is 0 Å². The van der Waals surface area contributed by atoms with Gasteiger partial charge in [-0.3, -0.25) is 14.9 Å². The number of rotatable bonds is 9. The predicted molar refractivity (Wildman–Crippen MR) is 131 cm³/mol. The highest BCUT2D eigenvalue weighted by atomic mass is 19.1. The van der Waals surface area contributed by atoms with Gasteiger partial charge in [0.1, 0.15) is 11.6 Å². The fourth-order valence-corrected chi connectivity index (χ4v) is 3.50. The number of nitrogens with zero attached hydrogens (tertiary/aromatic N) is 3. The minimum Gasteiger partial charge on any atom is -0.497 e. The third kappa shape index (κ3) is 5.56. The number of benzene rings is 3. The molecule has 0 atom stereocenters. The first-order valence-electron chi connectivity index (χ1n) is 10.7. The molecule has 3 aromatic carbocycles. The van der Waals surface area contributed by atoms with Gasteiger partial charge in [0.15, 0.2) is 0 Å². The Balaban J connectivity index is 1.77. The number of aromatic nitrogens is 3. The van der Waals surface area contributed by atoms with Crippen LogP contribution in [-0.2, 0) is 17.9 Å². The summed E-state index contributed by atoms with van der Waals surface area (Å²) >= 11 is 0. The zero-order chi connectivity index (χ0) is 24.8. The Kier molecular flexibility index (Phi) is 7.22. The maximum atomic E-state index is 14.0. The fraction of sp³-hybridized carbons (Fsp3) is 0.160. The van der Waals surface area contributed by atoms with Crippen molar-refractivity contribution in [1.29, 1.82) is 0 Å². The first-order valence-corrected chi connectivity index (χ1v) is 10.7. The van der Waals surface area contributed by atoms with Gasteiger partial charge in [-0.25, -0.2) is 18.5 Å². The van der Waals surface area contributed by atoms with Crippen LogP contribution in [0.2, 0.25) is 0 Å². The summed E-state index contributed by atoms with van der Waals surface area (Å²) in [5.41, 5.74) is 3.28. The predicted octanol–water partition coefficient (Wildman–Crippen LogP) is 3.37. The fourth-order valence-electron chi connectivity index (χ4n) is 3.50. The van der Waals surface area contributed by atoms with Crippen LogP contribution in [0.15, 0.2) is 82.4 Å². The zero-order valence-corrected chi connectivity index (χ0v) is 19.2. The number of ether oxygens (including phenoxy) is 1. The average Bonchev–Trinajstić information content (AvgIpc) is 2.87. The van der Waals surface area contributed by atoms with Gasteiger partial charge in [0, 0.05) is 5.69 Å². The van der Waals surface area contributed by atoms with E-state index in [1.54, 1.807) is 19.2 Å². The zero-order valence-electron chi connectivity index (χ0n) is 19.2. The highest BCUT2D eigenvalue weighted by Crippen LogP contribution is 2.22. The summed E-state index contributed by atoms with van der Waals surface area (Å²) in [4.78, 5) is 35.3. The van der Waals surface area contributed by atoms with Crippen molar-refractivity contribution >= 4 is 17.3 Å². The number of hydrogen-bond donors (Lipinski definition) is 2. The Hall–Kier alpha value is -4.44. The van der Waals surface area contributed by atoms with Gasteiger partial charge in [-0.1, -0.05) is 42.5 Å². The van der Waals surface area contributed by atoms with Crippen LogP contribution in [-0.4, -0.2) is 28.3 Å². The molecule has 0 aliphatic rings. The van der Waals surface area contributed by atoms with Crippen molar-refractivity contribution in [1.82, 2.24) is 14.1 Å². The second kappa shape index (κ2) is 10.7. The molecule has 0 fully saturated rings. The third-order valence-electron chi connectivity index (χ3n) is 5.27. The van der Waals surface area contributed by atoms with Crippen molar-refractivity contribution in [2.45, 2.75) is 13.1 Å². The summed E-state index contributed by atoms with van der Waals surface area (Å²) < 4.78 is 21.6. The summed E-state index contributed by atoms with van der Waals surface area (Å²) in [6.07, 6.45) is 0. The smallest absolute Gasteiger partial charge is 0.355 e. The normalized spacial score (nSPS) is 10.7. The molecule has 4 rings (SSSR count). The van der Waals surface area contributed by atoms with E-state index in [1.165, 1.54) is 29.9 Å². The number of anilines is 3. The largest absolute Gasteiger partial charge is 0.497 e. The molecule has 9 nitrogen and oxygen atoms in total. The van der Waals surface area contributed by atoms with E-state index in [4.69, 9.17) is 9.57 Å². The van der Waals surface area contributed by atoms with Gasteiger partial charge in [-0.05, 0) is 41.5 Å². The van der Waals surface area contributed by atoms with Crippen molar-refractivity contribution in [2.24, 2.45) is 0 Å². The van der Waals surface area contributed by atoms with Crippen LogP contribution in [0.5, 0.6) is 5.75 Å². The Labute approximate surface area is 200 Å². The van der Waals surface area contributed by atoms with E-state index in [-0.39, 0.29) is 24.7 Å². The summed E-state index contributed by atoms with van der Waals surface area (Å²) in [6, 6.07) is 20.5. The molecule has 1 heterocycles. The number of hydrogen-bond acceptors (Lipinski definition) is 7. The molecule has 1 aromatic heterocycles. The quantitative estimate of drug-likeness (QED) is 0.357. The van der Waals surface area contributed by atoms with Crippen LogP contribution in [0.4, 0.5) is 21.7 Å². The second-order valence-corrected chi connectivity index (χ2v) is 7.63. The molecule has 0 unspecified atom stereocenters. The van der Waals surface area contributed by atoms with Crippen molar-refractivity contribution in [2.75, 3.05) is 25.0 Å². The summed E-state index contributed by atoms with van der Waals surface area (Å²) in [5.74, 6) is 0.172. The number of halogens is 1. The lowest BCUT2D eigenvalue weighted by Gasteiger charge is -2.16. The topological polar surface area (TPSA) is 99.4 Å². The van der Waals surface area contributed by atoms with Crippen molar-refractivity contribution in [3.63, 3.8) is 0 Å². The molecule has 0 amide bonds. The van der Waals surface area contributed by atoms with E-state index in [1.807, 2.05) is 42.5 Å². The molecule has 0 aliphatic carbocycles. The first kappa shape index (κ1) is 23.7. The molecule has 35 heavy (non-hydrogen) atoms. The lowest BCUT2D eigenvalue weighted by molar-refractivity contribution is 0.269. The van der Waals surface area contributed by atoms with Crippen molar-refractivity contribution in [3.8, 4) is 5.75 Å². The standard InChI is InChI=1S/C25H24FN5O4/c1-34-20-11-8-18(9-12-20)15-30-23(27-19-10-13-21(26)22(14-19)29-35-2)28-24(32)31(25(30)33)16-17-6-4-3-5-7-17/h3-14,29H,15-16H2,1-2H3,(H,27,28,32). The van der Waals surface area contributed by atoms with Gasteiger partial charge in [0.25, 0.3) is 0 Å². The molecular formula is C25H24FN5O4. The van der Waals surface area contributed by atoms with Gasteiger partial charge in [-0.2, -0.15) is 4.98 Å². The minimum absolute atomic E-state index is 0.0232. The van der Waals surface area contributed by atoms with Gasteiger partial charge in [0.05, 0.1) is 33.0 Å². The van der Waals surface area contributed by atoms with E-state index in [9.17, 15) is 14.0 Å². The Morgan fingerprint density at radius 1 is 0.886 bits per heavy atom. The molecule has 0 saturated heterocycles. The van der Waals surface area contributed by atoms with Crippen LogP contribution in [0, 0.1) is 5.82 Å². The van der Waals surface area contributed by atoms with Gasteiger partial charge in [0.2, 0.25) is 5.95 Å². The Bertz CT molecular complexity index is 1420. The maximum Gasteiger partial charge on any atom is 0.355 e. The maximum absolute atomic E-state index is 14.0. The first-order chi connectivity index (χ1) is 17.0. The summed E-state index contributed by atoms with van der Waals surface area (Å²) in [5, 5.41) is 2.97. The molecule has 0 radical (unpaired) electrons. The Morgan fingerprint density at radius 2 is 1.57 bits per heavy atom. The number of methoxy groups -OCH3 is 1.